The van der Waals surface area contributed by atoms with E-state index < -0.39 is 5.97 Å². The SMILES string of the molecule is NC(CS)c1nc(C(=O)OCC(=O)c2ccccc2)cs1. The number of hydrogen-bond acceptors (Lipinski definition) is 7. The fourth-order valence-electron chi connectivity index (χ4n) is 1.54. The van der Waals surface area contributed by atoms with Gasteiger partial charge in [0.15, 0.2) is 18.1 Å². The molecular formula is C14H14N2O3S2. The summed E-state index contributed by atoms with van der Waals surface area (Å²) in [6.45, 7) is -0.311. The summed E-state index contributed by atoms with van der Waals surface area (Å²) in [4.78, 5) is 27.7. The molecule has 1 unspecified atom stereocenters. The molecule has 7 heteroatoms. The summed E-state index contributed by atoms with van der Waals surface area (Å²) in [5.74, 6) is -0.450. The normalized spacial score (nSPS) is 11.9. The maximum absolute atomic E-state index is 11.8. The van der Waals surface area contributed by atoms with Gasteiger partial charge in [-0.2, -0.15) is 12.6 Å². The predicted molar refractivity (Wildman–Crippen MR) is 84.0 cm³/mol. The summed E-state index contributed by atoms with van der Waals surface area (Å²) in [5.41, 5.74) is 6.43. The zero-order valence-electron chi connectivity index (χ0n) is 11.1. The number of thiazole rings is 1. The Morgan fingerprint density at radius 2 is 2.05 bits per heavy atom. The minimum absolute atomic E-state index is 0.160. The minimum atomic E-state index is -0.631. The van der Waals surface area contributed by atoms with Crippen LogP contribution in [0.3, 0.4) is 0 Å². The number of Topliss-reactive ketones (excluding diaryl/α,β-unsaturated/α-hetero) is 1. The van der Waals surface area contributed by atoms with Crippen LogP contribution in [0.5, 0.6) is 0 Å². The molecule has 21 heavy (non-hydrogen) atoms. The fraction of sp³-hybridized carbons (Fsp3) is 0.214. The standard InChI is InChI=1S/C14H14N2O3S2/c15-10(7-20)13-16-11(8-21-13)14(18)19-6-12(17)9-4-2-1-3-5-9/h1-5,8,10,20H,6-7,15H2. The molecule has 2 aromatic rings. The van der Waals surface area contributed by atoms with Crippen LogP contribution in [0.4, 0.5) is 0 Å². The summed E-state index contributed by atoms with van der Waals surface area (Å²) in [5, 5.41) is 2.18. The highest BCUT2D eigenvalue weighted by Gasteiger charge is 2.17. The maximum Gasteiger partial charge on any atom is 0.358 e. The van der Waals surface area contributed by atoms with Gasteiger partial charge < -0.3 is 10.5 Å². The molecule has 2 rings (SSSR count). The summed E-state index contributed by atoms with van der Waals surface area (Å²) in [6.07, 6.45) is 0. The van der Waals surface area contributed by atoms with Crippen molar-refractivity contribution in [3.63, 3.8) is 0 Å². The Bertz CT molecular complexity index is 628. The van der Waals surface area contributed by atoms with Crippen LogP contribution in [0.1, 0.15) is 31.9 Å². The van der Waals surface area contributed by atoms with Crippen LogP contribution in [-0.4, -0.2) is 29.1 Å². The molecule has 0 saturated heterocycles. The van der Waals surface area contributed by atoms with Gasteiger partial charge in [0.1, 0.15) is 5.01 Å². The quantitative estimate of drug-likeness (QED) is 0.483. The summed E-state index contributed by atoms with van der Waals surface area (Å²) in [7, 11) is 0. The van der Waals surface area contributed by atoms with Crippen molar-refractivity contribution in [2.75, 3.05) is 12.4 Å². The number of thiol groups is 1. The fourth-order valence-corrected chi connectivity index (χ4v) is 2.63. The van der Waals surface area contributed by atoms with Gasteiger partial charge in [0.2, 0.25) is 0 Å². The molecule has 5 nitrogen and oxygen atoms in total. The number of carbonyl (C=O) groups excluding carboxylic acids is 2. The zero-order chi connectivity index (χ0) is 15.2. The number of ether oxygens (including phenoxy) is 1. The Labute approximate surface area is 131 Å². The van der Waals surface area contributed by atoms with Crippen molar-refractivity contribution < 1.29 is 14.3 Å². The van der Waals surface area contributed by atoms with Crippen LogP contribution in [0.25, 0.3) is 0 Å². The lowest BCUT2D eigenvalue weighted by Crippen LogP contribution is -2.15. The largest absolute Gasteiger partial charge is 0.453 e. The first-order valence-corrected chi connectivity index (χ1v) is 7.70. The van der Waals surface area contributed by atoms with Gasteiger partial charge in [-0.05, 0) is 0 Å². The second-order valence-electron chi connectivity index (χ2n) is 4.23. The number of rotatable bonds is 6. The third-order valence-corrected chi connectivity index (χ3v) is 4.05. The molecule has 110 valence electrons. The first kappa shape index (κ1) is 15.7. The molecular weight excluding hydrogens is 308 g/mol. The van der Waals surface area contributed by atoms with Gasteiger partial charge >= 0.3 is 5.97 Å². The lowest BCUT2D eigenvalue weighted by atomic mass is 10.1. The summed E-state index contributed by atoms with van der Waals surface area (Å²) >= 11 is 5.35. The van der Waals surface area contributed by atoms with Crippen molar-refractivity contribution in [2.45, 2.75) is 6.04 Å². The van der Waals surface area contributed by atoms with Crippen molar-refractivity contribution in [1.29, 1.82) is 0 Å². The topological polar surface area (TPSA) is 82.3 Å². The average Bonchev–Trinajstić information content (AvgIpc) is 3.02. The Kier molecular flexibility index (Phi) is 5.49. The van der Waals surface area contributed by atoms with Crippen LogP contribution in [0, 0.1) is 0 Å². The molecule has 1 aromatic carbocycles. The van der Waals surface area contributed by atoms with E-state index in [9.17, 15) is 9.59 Å². The highest BCUT2D eigenvalue weighted by molar-refractivity contribution is 7.80. The third kappa shape index (κ3) is 4.13. The molecule has 1 aromatic heterocycles. The van der Waals surface area contributed by atoms with Crippen LogP contribution >= 0.6 is 24.0 Å². The van der Waals surface area contributed by atoms with E-state index in [0.717, 1.165) is 0 Å². The maximum atomic E-state index is 11.8. The van der Waals surface area contributed by atoms with Gasteiger partial charge in [-0.25, -0.2) is 9.78 Å². The molecule has 0 aliphatic heterocycles. The Balaban J connectivity index is 1.93. The van der Waals surface area contributed by atoms with Crippen LogP contribution in [0.2, 0.25) is 0 Å². The van der Waals surface area contributed by atoms with Gasteiger partial charge in [-0.3, -0.25) is 4.79 Å². The second-order valence-corrected chi connectivity index (χ2v) is 5.48. The molecule has 0 amide bonds. The second kappa shape index (κ2) is 7.35. The first-order chi connectivity index (χ1) is 10.1. The van der Waals surface area contributed by atoms with E-state index in [1.54, 1.807) is 29.6 Å². The monoisotopic (exact) mass is 322 g/mol. The lowest BCUT2D eigenvalue weighted by molar-refractivity contribution is 0.0469. The molecule has 0 radical (unpaired) electrons. The van der Waals surface area contributed by atoms with Gasteiger partial charge in [-0.15, -0.1) is 11.3 Å². The molecule has 0 bridgehead atoms. The lowest BCUT2D eigenvalue weighted by Gasteiger charge is -2.03. The van der Waals surface area contributed by atoms with E-state index >= 15 is 0 Å². The van der Waals surface area contributed by atoms with E-state index in [4.69, 9.17) is 10.5 Å². The van der Waals surface area contributed by atoms with E-state index in [2.05, 4.69) is 17.6 Å². The van der Waals surface area contributed by atoms with Crippen molar-refractivity contribution in [1.82, 2.24) is 4.98 Å². The van der Waals surface area contributed by atoms with E-state index in [1.807, 2.05) is 6.07 Å². The van der Waals surface area contributed by atoms with Crippen LogP contribution in [0.15, 0.2) is 35.7 Å². The molecule has 1 heterocycles. The predicted octanol–water partition coefficient (Wildman–Crippen LogP) is 2.11. The van der Waals surface area contributed by atoms with Crippen LogP contribution < -0.4 is 5.73 Å². The summed E-state index contributed by atoms with van der Waals surface area (Å²) < 4.78 is 4.97. The number of benzene rings is 1. The van der Waals surface area contributed by atoms with Crippen molar-refractivity contribution in [3.8, 4) is 0 Å². The number of hydrogen-bond donors (Lipinski definition) is 2. The van der Waals surface area contributed by atoms with Crippen molar-refractivity contribution in [3.05, 3.63) is 52.0 Å². The molecule has 0 aliphatic rings. The van der Waals surface area contributed by atoms with E-state index in [1.165, 1.54) is 11.3 Å². The first-order valence-electron chi connectivity index (χ1n) is 6.19. The number of nitrogens with two attached hydrogens (primary N) is 1. The zero-order valence-corrected chi connectivity index (χ0v) is 12.8. The molecule has 0 saturated carbocycles. The van der Waals surface area contributed by atoms with Gasteiger partial charge in [0.25, 0.3) is 0 Å². The van der Waals surface area contributed by atoms with E-state index in [-0.39, 0.29) is 24.1 Å². The number of aromatic nitrogens is 1. The third-order valence-electron chi connectivity index (χ3n) is 2.68. The molecule has 0 spiro atoms. The highest BCUT2D eigenvalue weighted by atomic mass is 32.1. The number of carbonyl (C=O) groups is 2. The van der Waals surface area contributed by atoms with Crippen molar-refractivity contribution in [2.24, 2.45) is 5.73 Å². The van der Waals surface area contributed by atoms with Gasteiger partial charge in [0.05, 0.1) is 6.04 Å². The number of nitrogens with zero attached hydrogens (tertiary/aromatic N) is 1. The highest BCUT2D eigenvalue weighted by Crippen LogP contribution is 2.18. The van der Waals surface area contributed by atoms with Gasteiger partial charge in [-0.1, -0.05) is 30.3 Å². The number of esters is 1. The Morgan fingerprint density at radius 1 is 1.33 bits per heavy atom. The Hall–Kier alpha value is -1.70. The molecule has 0 fully saturated rings. The summed E-state index contributed by atoms with van der Waals surface area (Å²) in [6, 6.07) is 8.34. The van der Waals surface area contributed by atoms with Crippen molar-refractivity contribution >= 4 is 35.7 Å². The van der Waals surface area contributed by atoms with Crippen LogP contribution in [-0.2, 0) is 4.74 Å². The smallest absolute Gasteiger partial charge is 0.358 e. The average molecular weight is 322 g/mol. The molecule has 0 aliphatic carbocycles. The minimum Gasteiger partial charge on any atom is -0.453 e. The Morgan fingerprint density at radius 3 is 2.71 bits per heavy atom. The molecule has 1 atom stereocenters. The molecule has 2 N–H and O–H groups in total. The van der Waals surface area contributed by atoms with E-state index in [0.29, 0.717) is 16.3 Å². The van der Waals surface area contributed by atoms with Gasteiger partial charge in [0, 0.05) is 16.7 Å². The number of ketones is 1.